The molecule has 0 saturated carbocycles. The Kier molecular flexibility index (Phi) is 4.35. The number of piperidine rings is 1. The molecule has 0 aromatic heterocycles. The van der Waals surface area contributed by atoms with Gasteiger partial charge < -0.3 is 10.2 Å². The summed E-state index contributed by atoms with van der Waals surface area (Å²) in [5.41, 5.74) is -0.375. The predicted molar refractivity (Wildman–Crippen MR) is 57.2 cm³/mol. The van der Waals surface area contributed by atoms with Crippen LogP contribution in [0.25, 0.3) is 0 Å². The third kappa shape index (κ3) is 2.27. The van der Waals surface area contributed by atoms with Gasteiger partial charge in [0, 0.05) is 0 Å². The third-order valence-corrected chi connectivity index (χ3v) is 3.70. The molecule has 0 amide bonds. The summed E-state index contributed by atoms with van der Waals surface area (Å²) >= 11 is 0. The zero-order chi connectivity index (χ0) is 10.6. The molecule has 1 heterocycles. The van der Waals surface area contributed by atoms with Crippen LogP contribution in [0.3, 0.4) is 0 Å². The molecule has 84 valence electrons. The minimum absolute atomic E-state index is 0.0639. The van der Waals surface area contributed by atoms with E-state index >= 15 is 0 Å². The average Bonchev–Trinajstić information content (AvgIpc) is 2.24. The molecule has 0 unspecified atom stereocenters. The van der Waals surface area contributed by atoms with Gasteiger partial charge in [-0.05, 0) is 38.3 Å². The molecule has 0 aromatic carbocycles. The van der Waals surface area contributed by atoms with E-state index in [-0.39, 0.29) is 18.8 Å². The van der Waals surface area contributed by atoms with E-state index < -0.39 is 0 Å². The molecule has 2 N–H and O–H groups in total. The normalized spacial score (nSPS) is 21.4. The maximum atomic E-state index is 9.39. The summed E-state index contributed by atoms with van der Waals surface area (Å²) in [4.78, 5) is 2.26. The van der Waals surface area contributed by atoms with Gasteiger partial charge in [0.05, 0.1) is 18.8 Å². The molecule has 0 radical (unpaired) electrons. The number of likely N-dealkylation sites (tertiary alicyclic amines) is 1. The fourth-order valence-corrected chi connectivity index (χ4v) is 2.18. The molecule has 1 fully saturated rings. The summed E-state index contributed by atoms with van der Waals surface area (Å²) in [7, 11) is 0. The molecule has 0 aliphatic carbocycles. The Balaban J connectivity index is 2.60. The Bertz CT molecular complexity index is 152. The van der Waals surface area contributed by atoms with E-state index in [0.717, 1.165) is 25.4 Å². The van der Waals surface area contributed by atoms with Gasteiger partial charge in [-0.15, -0.1) is 0 Å². The van der Waals surface area contributed by atoms with E-state index in [4.69, 9.17) is 0 Å². The Morgan fingerprint density at radius 3 is 2.07 bits per heavy atom. The minimum Gasteiger partial charge on any atom is -0.394 e. The fourth-order valence-electron chi connectivity index (χ4n) is 2.18. The lowest BCUT2D eigenvalue weighted by molar-refractivity contribution is -0.0319. The van der Waals surface area contributed by atoms with Crippen LogP contribution in [0.2, 0.25) is 0 Å². The predicted octanol–water partition coefficient (Wildman–Crippen LogP) is 0.852. The SMILES string of the molecule is CCC(CO)(CO)N1CCC(C)CC1. The summed E-state index contributed by atoms with van der Waals surface area (Å²) in [5, 5.41) is 18.8. The van der Waals surface area contributed by atoms with Crippen LogP contribution >= 0.6 is 0 Å². The van der Waals surface area contributed by atoms with Crippen LogP contribution in [0.1, 0.15) is 33.1 Å². The van der Waals surface area contributed by atoms with Crippen LogP contribution in [0.15, 0.2) is 0 Å². The summed E-state index contributed by atoms with van der Waals surface area (Å²) in [5.74, 6) is 0.790. The second-order valence-corrected chi connectivity index (χ2v) is 4.56. The minimum atomic E-state index is -0.375. The summed E-state index contributed by atoms with van der Waals surface area (Å²) in [6.45, 7) is 6.45. The number of hydrogen-bond donors (Lipinski definition) is 2. The van der Waals surface area contributed by atoms with Gasteiger partial charge in [0.15, 0.2) is 0 Å². The topological polar surface area (TPSA) is 43.7 Å². The number of nitrogens with zero attached hydrogens (tertiary/aromatic N) is 1. The second kappa shape index (κ2) is 5.10. The van der Waals surface area contributed by atoms with Gasteiger partial charge in [-0.25, -0.2) is 0 Å². The highest BCUT2D eigenvalue weighted by atomic mass is 16.3. The number of hydrogen-bond acceptors (Lipinski definition) is 3. The molecule has 1 aliphatic heterocycles. The molecular weight excluding hydrogens is 178 g/mol. The Morgan fingerprint density at radius 1 is 1.21 bits per heavy atom. The van der Waals surface area contributed by atoms with Gasteiger partial charge in [0.25, 0.3) is 0 Å². The van der Waals surface area contributed by atoms with E-state index in [0.29, 0.717) is 0 Å². The molecule has 3 nitrogen and oxygen atoms in total. The van der Waals surface area contributed by atoms with Gasteiger partial charge in [0.2, 0.25) is 0 Å². The van der Waals surface area contributed by atoms with Crippen molar-refractivity contribution < 1.29 is 10.2 Å². The molecule has 1 saturated heterocycles. The average molecular weight is 201 g/mol. The van der Waals surface area contributed by atoms with E-state index in [9.17, 15) is 10.2 Å². The van der Waals surface area contributed by atoms with Crippen molar-refractivity contribution in [1.82, 2.24) is 4.90 Å². The first-order valence-corrected chi connectivity index (χ1v) is 5.65. The summed E-state index contributed by atoms with van der Waals surface area (Å²) < 4.78 is 0. The monoisotopic (exact) mass is 201 g/mol. The quantitative estimate of drug-likeness (QED) is 0.709. The van der Waals surface area contributed by atoms with Crippen molar-refractivity contribution in [2.45, 2.75) is 38.6 Å². The van der Waals surface area contributed by atoms with Gasteiger partial charge in [-0.3, -0.25) is 4.90 Å². The van der Waals surface area contributed by atoms with Crippen LogP contribution in [-0.4, -0.2) is 47.0 Å². The van der Waals surface area contributed by atoms with Gasteiger partial charge in [-0.1, -0.05) is 13.8 Å². The highest BCUT2D eigenvalue weighted by Gasteiger charge is 2.35. The van der Waals surface area contributed by atoms with Crippen molar-refractivity contribution in [1.29, 1.82) is 0 Å². The van der Waals surface area contributed by atoms with E-state index in [1.807, 2.05) is 6.92 Å². The van der Waals surface area contributed by atoms with Crippen molar-refractivity contribution in [3.05, 3.63) is 0 Å². The van der Waals surface area contributed by atoms with Crippen molar-refractivity contribution in [3.63, 3.8) is 0 Å². The zero-order valence-corrected chi connectivity index (χ0v) is 9.37. The van der Waals surface area contributed by atoms with Crippen LogP contribution in [-0.2, 0) is 0 Å². The lowest BCUT2D eigenvalue weighted by atomic mass is 9.90. The number of aliphatic hydroxyl groups is 2. The van der Waals surface area contributed by atoms with Crippen LogP contribution in [0.5, 0.6) is 0 Å². The first-order chi connectivity index (χ1) is 6.68. The molecule has 0 aromatic rings. The van der Waals surface area contributed by atoms with Crippen LogP contribution < -0.4 is 0 Å². The lowest BCUT2D eigenvalue weighted by Crippen LogP contribution is -2.56. The Morgan fingerprint density at radius 2 is 1.71 bits per heavy atom. The summed E-state index contributed by atoms with van der Waals surface area (Å²) in [6.07, 6.45) is 3.18. The van der Waals surface area contributed by atoms with Gasteiger partial charge in [0.1, 0.15) is 0 Å². The molecule has 0 bridgehead atoms. The largest absolute Gasteiger partial charge is 0.394 e. The van der Waals surface area contributed by atoms with Crippen LogP contribution in [0.4, 0.5) is 0 Å². The molecule has 14 heavy (non-hydrogen) atoms. The van der Waals surface area contributed by atoms with Crippen molar-refractivity contribution in [3.8, 4) is 0 Å². The maximum Gasteiger partial charge on any atom is 0.0670 e. The van der Waals surface area contributed by atoms with E-state index in [1.54, 1.807) is 0 Å². The molecule has 0 atom stereocenters. The first-order valence-electron chi connectivity index (χ1n) is 5.65. The van der Waals surface area contributed by atoms with E-state index in [1.165, 1.54) is 12.8 Å². The zero-order valence-electron chi connectivity index (χ0n) is 9.37. The van der Waals surface area contributed by atoms with Crippen molar-refractivity contribution >= 4 is 0 Å². The molecule has 0 spiro atoms. The van der Waals surface area contributed by atoms with Crippen molar-refractivity contribution in [2.75, 3.05) is 26.3 Å². The second-order valence-electron chi connectivity index (χ2n) is 4.56. The van der Waals surface area contributed by atoms with Gasteiger partial charge >= 0.3 is 0 Å². The molecular formula is C11H23NO2. The van der Waals surface area contributed by atoms with Gasteiger partial charge in [-0.2, -0.15) is 0 Å². The Hall–Kier alpha value is -0.120. The highest BCUT2D eigenvalue weighted by Crippen LogP contribution is 2.25. The summed E-state index contributed by atoms with van der Waals surface area (Å²) in [6, 6.07) is 0. The number of aliphatic hydroxyl groups excluding tert-OH is 2. The molecule has 1 aliphatic rings. The Labute approximate surface area is 86.7 Å². The smallest absolute Gasteiger partial charge is 0.0670 e. The lowest BCUT2D eigenvalue weighted by Gasteiger charge is -2.44. The molecule has 3 heteroatoms. The molecule has 1 rings (SSSR count). The first kappa shape index (κ1) is 12.0. The highest BCUT2D eigenvalue weighted by molar-refractivity contribution is 4.90. The van der Waals surface area contributed by atoms with Crippen LogP contribution in [0, 0.1) is 5.92 Å². The number of rotatable bonds is 4. The standard InChI is InChI=1S/C11H23NO2/c1-3-11(8-13,9-14)12-6-4-10(2)5-7-12/h10,13-14H,3-9H2,1-2H3. The maximum absolute atomic E-state index is 9.39. The third-order valence-electron chi connectivity index (χ3n) is 3.70. The fraction of sp³-hybridized carbons (Fsp3) is 1.00. The van der Waals surface area contributed by atoms with E-state index in [2.05, 4.69) is 11.8 Å². The van der Waals surface area contributed by atoms with Crippen molar-refractivity contribution in [2.24, 2.45) is 5.92 Å².